The van der Waals surface area contributed by atoms with Gasteiger partial charge in [0.25, 0.3) is 0 Å². The Morgan fingerprint density at radius 1 is 0.920 bits per heavy atom. The van der Waals surface area contributed by atoms with Crippen molar-refractivity contribution in [2.75, 3.05) is 13.2 Å². The molecular weight excluding hydrogens is 387 g/mol. The predicted octanol–water partition coefficient (Wildman–Crippen LogP) is 1.92. The van der Waals surface area contributed by atoms with E-state index in [1.807, 2.05) is 18.2 Å². The molecule has 12 heteroatoms. The minimum absolute atomic E-state index is 0.332. The highest BCUT2D eigenvalue weighted by Gasteiger charge is 2.48. The first-order chi connectivity index (χ1) is 11.5. The van der Waals surface area contributed by atoms with Gasteiger partial charge in [-0.25, -0.2) is 8.42 Å². The minimum Gasteiger partial charge on any atom is -0.490 e. The van der Waals surface area contributed by atoms with Gasteiger partial charge in [-0.15, -0.1) is 0 Å². The summed E-state index contributed by atoms with van der Waals surface area (Å²) in [5, 5.41) is 1.61. The Balaban J connectivity index is 1.94. The molecule has 1 N–H and O–H groups in total. The molecule has 0 fully saturated rings. The number of alkyl halides is 3. The number of hydrogen-bond acceptors (Lipinski definition) is 6. The topological polar surface area (TPSA) is 98.8 Å². The van der Waals surface area contributed by atoms with Crippen LogP contribution in [-0.2, 0) is 24.5 Å². The van der Waals surface area contributed by atoms with E-state index in [4.69, 9.17) is 4.74 Å². The average Bonchev–Trinajstić information content (AvgIpc) is 2.49. The molecule has 0 aromatic heterocycles. The van der Waals surface area contributed by atoms with Crippen LogP contribution >= 0.6 is 0 Å². The lowest BCUT2D eigenvalue weighted by Crippen LogP contribution is -2.41. The molecule has 25 heavy (non-hydrogen) atoms. The summed E-state index contributed by atoms with van der Waals surface area (Å²) >= 11 is 0. The van der Waals surface area contributed by atoms with E-state index in [0.717, 1.165) is 10.8 Å². The van der Waals surface area contributed by atoms with Crippen molar-refractivity contribution in [1.29, 1.82) is 0 Å². The maximum Gasteiger partial charge on any atom is 0.512 e. The lowest BCUT2D eigenvalue weighted by atomic mass is 10.1. The normalized spacial score (nSPS) is 13.1. The van der Waals surface area contributed by atoms with Gasteiger partial charge in [-0.1, -0.05) is 40.5 Å². The summed E-state index contributed by atoms with van der Waals surface area (Å²) < 4.78 is 90.3. The van der Waals surface area contributed by atoms with Crippen molar-refractivity contribution in [1.82, 2.24) is 4.13 Å². The second-order valence-corrected chi connectivity index (χ2v) is 7.91. The number of halogens is 3. The van der Waals surface area contributed by atoms with Crippen LogP contribution in [0.5, 0.6) is 5.75 Å². The van der Waals surface area contributed by atoms with Crippen LogP contribution in [0.15, 0.2) is 42.5 Å². The van der Waals surface area contributed by atoms with Crippen LogP contribution in [0.3, 0.4) is 0 Å². The van der Waals surface area contributed by atoms with Crippen LogP contribution in [0, 0.1) is 0 Å². The summed E-state index contributed by atoms with van der Waals surface area (Å²) in [7, 11) is -11.2. The lowest BCUT2D eigenvalue weighted by Gasteiger charge is -2.11. The average molecular weight is 399 g/mol. The molecule has 0 aliphatic rings. The molecule has 7 nitrogen and oxygen atoms in total. The molecule has 138 valence electrons. The zero-order valence-electron chi connectivity index (χ0n) is 12.4. The molecule has 0 unspecified atom stereocenters. The van der Waals surface area contributed by atoms with Crippen molar-refractivity contribution in [2.45, 2.75) is 5.51 Å². The van der Waals surface area contributed by atoms with E-state index in [-0.39, 0.29) is 6.61 Å². The Hall–Kier alpha value is -1.89. The summed E-state index contributed by atoms with van der Waals surface area (Å²) in [5.41, 5.74) is -5.77. The summed E-state index contributed by atoms with van der Waals surface area (Å²) in [6.07, 6.45) is 0. The minimum atomic E-state index is -6.08. The van der Waals surface area contributed by atoms with Crippen LogP contribution in [0.1, 0.15) is 0 Å². The van der Waals surface area contributed by atoms with Crippen molar-refractivity contribution in [3.8, 4) is 5.75 Å². The monoisotopic (exact) mass is 399 g/mol. The molecule has 0 radical (unpaired) electrons. The Morgan fingerprint density at radius 2 is 1.56 bits per heavy atom. The molecule has 0 aliphatic heterocycles. The van der Waals surface area contributed by atoms with Crippen molar-refractivity contribution >= 4 is 31.1 Å². The van der Waals surface area contributed by atoms with Crippen LogP contribution in [0.4, 0.5) is 13.2 Å². The lowest BCUT2D eigenvalue weighted by molar-refractivity contribution is -0.0442. The quantitative estimate of drug-likeness (QED) is 0.715. The second-order valence-electron chi connectivity index (χ2n) is 4.63. The van der Waals surface area contributed by atoms with Crippen LogP contribution in [-0.4, -0.2) is 35.6 Å². The standard InChI is InChI=1S/C13H12F3NO6S2/c14-13(15,16)24(18,19)17-25(20,21)23-9-8-22-12-7-3-5-10-4-1-2-6-11(10)12/h1-7,17H,8-9H2. The highest BCUT2D eigenvalue weighted by atomic mass is 32.3. The van der Waals surface area contributed by atoms with Gasteiger partial charge < -0.3 is 4.74 Å². The van der Waals surface area contributed by atoms with E-state index in [2.05, 4.69) is 4.18 Å². The number of sulfonamides is 1. The maximum atomic E-state index is 12.1. The molecule has 2 aromatic rings. The molecular formula is C13H12F3NO6S2. The van der Waals surface area contributed by atoms with Crippen molar-refractivity contribution < 1.29 is 38.9 Å². The number of benzene rings is 2. The fourth-order valence-electron chi connectivity index (χ4n) is 1.82. The third-order valence-corrected chi connectivity index (χ3v) is 5.63. The Labute approximate surface area is 141 Å². The number of nitrogens with one attached hydrogen (secondary N) is 1. The van der Waals surface area contributed by atoms with E-state index in [1.165, 1.54) is 0 Å². The highest BCUT2D eigenvalue weighted by molar-refractivity contribution is 8.03. The summed E-state index contributed by atoms with van der Waals surface area (Å²) in [6, 6.07) is 12.3. The van der Waals surface area contributed by atoms with Crippen LogP contribution in [0.2, 0.25) is 0 Å². The van der Waals surface area contributed by atoms with Crippen LogP contribution in [0.25, 0.3) is 10.8 Å². The molecule has 0 atom stereocenters. The Kier molecular flexibility index (Phi) is 5.56. The first-order valence-corrected chi connectivity index (χ1v) is 9.51. The van der Waals surface area contributed by atoms with Gasteiger partial charge >= 0.3 is 25.8 Å². The largest absolute Gasteiger partial charge is 0.512 e. The van der Waals surface area contributed by atoms with E-state index in [9.17, 15) is 30.0 Å². The van der Waals surface area contributed by atoms with E-state index in [0.29, 0.717) is 9.88 Å². The third-order valence-electron chi connectivity index (χ3n) is 2.85. The summed E-state index contributed by atoms with van der Waals surface area (Å²) in [4.78, 5) is 0. The Bertz CT molecular complexity index is 952. The fourth-order valence-corrected chi connectivity index (χ4v) is 3.76. The zero-order chi connectivity index (χ0) is 18.7. The SMILES string of the molecule is O=S(=O)(NS(=O)(=O)C(F)(F)F)OCCOc1cccc2ccccc12. The first kappa shape index (κ1) is 19.4. The van der Waals surface area contributed by atoms with Gasteiger partial charge in [0.2, 0.25) is 0 Å². The van der Waals surface area contributed by atoms with E-state index in [1.54, 1.807) is 24.3 Å². The molecule has 0 aliphatic carbocycles. The second kappa shape index (κ2) is 7.15. The molecule has 0 amide bonds. The van der Waals surface area contributed by atoms with Gasteiger partial charge in [0.05, 0.1) is 0 Å². The van der Waals surface area contributed by atoms with Gasteiger partial charge in [-0.05, 0) is 11.5 Å². The number of ether oxygens (including phenoxy) is 1. The van der Waals surface area contributed by atoms with Gasteiger partial charge in [-0.2, -0.15) is 21.6 Å². The molecule has 0 bridgehead atoms. The molecule has 2 aromatic carbocycles. The zero-order valence-corrected chi connectivity index (χ0v) is 14.0. The van der Waals surface area contributed by atoms with Crippen LogP contribution < -0.4 is 8.86 Å². The summed E-state index contributed by atoms with van der Waals surface area (Å²) in [6.45, 7) is -1.02. The number of hydrogen-bond donors (Lipinski definition) is 1. The number of rotatable bonds is 7. The molecule has 0 spiro atoms. The highest BCUT2D eigenvalue weighted by Crippen LogP contribution is 2.25. The van der Waals surface area contributed by atoms with Crippen molar-refractivity contribution in [3.05, 3.63) is 42.5 Å². The van der Waals surface area contributed by atoms with Gasteiger partial charge in [0, 0.05) is 5.39 Å². The fraction of sp³-hybridized carbons (Fsp3) is 0.231. The van der Waals surface area contributed by atoms with Crippen molar-refractivity contribution in [2.24, 2.45) is 0 Å². The number of fused-ring (bicyclic) bond motifs is 1. The van der Waals surface area contributed by atoms with Gasteiger partial charge in [-0.3, -0.25) is 4.18 Å². The first-order valence-electron chi connectivity index (χ1n) is 6.62. The van der Waals surface area contributed by atoms with Gasteiger partial charge in [0.15, 0.2) is 0 Å². The van der Waals surface area contributed by atoms with Crippen molar-refractivity contribution in [3.63, 3.8) is 0 Å². The van der Waals surface area contributed by atoms with E-state index >= 15 is 0 Å². The predicted molar refractivity (Wildman–Crippen MR) is 82.4 cm³/mol. The third kappa shape index (κ3) is 5.04. The summed E-state index contributed by atoms with van der Waals surface area (Å²) in [5.74, 6) is 0.412. The molecule has 0 heterocycles. The van der Waals surface area contributed by atoms with Gasteiger partial charge in [0.1, 0.15) is 19.0 Å². The Morgan fingerprint density at radius 3 is 2.24 bits per heavy atom. The molecule has 2 rings (SSSR count). The van der Waals surface area contributed by atoms with E-state index < -0.39 is 32.4 Å². The molecule has 0 saturated carbocycles. The smallest absolute Gasteiger partial charge is 0.490 e. The molecule has 0 saturated heterocycles. The maximum absolute atomic E-state index is 12.1.